The molecule has 1 aromatic rings. The smallest absolute Gasteiger partial charge is 0.146 e. The minimum absolute atomic E-state index is 0.243. The Kier molecular flexibility index (Phi) is 2.93. The molecule has 2 bridgehead atoms. The number of nitrogens with two attached hydrogens (primary N) is 1. The third-order valence-electron chi connectivity index (χ3n) is 6.20. The maximum atomic E-state index is 6.32. The first kappa shape index (κ1) is 13.6. The second kappa shape index (κ2) is 4.31. The van der Waals surface area contributed by atoms with Gasteiger partial charge in [0.25, 0.3) is 0 Å². The molecule has 3 nitrogen and oxygen atoms in total. The second-order valence-electron chi connectivity index (χ2n) is 7.12. The Hall–Kier alpha value is -1.38. The highest BCUT2D eigenvalue weighted by atomic mass is 16.5. The van der Waals surface area contributed by atoms with Crippen molar-refractivity contribution in [3.05, 3.63) is 18.2 Å². The molecule has 2 aliphatic rings. The number of anilines is 1. The van der Waals surface area contributed by atoms with Crippen molar-refractivity contribution < 1.29 is 9.47 Å². The highest BCUT2D eigenvalue weighted by molar-refractivity contribution is 5.55. The Morgan fingerprint density at radius 1 is 1.25 bits per heavy atom. The Bertz CT molecular complexity index is 526. The molecule has 0 radical (unpaired) electrons. The first-order valence-corrected chi connectivity index (χ1v) is 7.48. The Labute approximate surface area is 121 Å². The lowest BCUT2D eigenvalue weighted by Gasteiger charge is -2.39. The van der Waals surface area contributed by atoms with Crippen molar-refractivity contribution in [2.75, 3.05) is 12.8 Å². The van der Waals surface area contributed by atoms with Gasteiger partial charge >= 0.3 is 0 Å². The molecular weight excluding hydrogens is 250 g/mol. The van der Waals surface area contributed by atoms with E-state index in [2.05, 4.69) is 20.8 Å². The third-order valence-corrected chi connectivity index (χ3v) is 6.20. The fourth-order valence-electron chi connectivity index (χ4n) is 4.21. The number of nitrogen functional groups attached to an aromatic ring is 1. The molecule has 3 atom stereocenters. The number of methoxy groups -OCH3 is 1. The summed E-state index contributed by atoms with van der Waals surface area (Å²) in [6.45, 7) is 7.16. The summed E-state index contributed by atoms with van der Waals surface area (Å²) in [7, 11) is 1.66. The zero-order valence-electron chi connectivity index (χ0n) is 12.9. The van der Waals surface area contributed by atoms with Crippen LogP contribution >= 0.6 is 0 Å². The van der Waals surface area contributed by atoms with Crippen LogP contribution in [0.15, 0.2) is 18.2 Å². The van der Waals surface area contributed by atoms with Crippen LogP contribution in [0.4, 0.5) is 5.69 Å². The molecule has 110 valence electrons. The summed E-state index contributed by atoms with van der Waals surface area (Å²) in [5.41, 5.74) is 7.34. The molecular formula is C17H25NO2. The Morgan fingerprint density at radius 3 is 2.55 bits per heavy atom. The molecule has 2 fully saturated rings. The minimum atomic E-state index is 0.243. The highest BCUT2D eigenvalue weighted by Gasteiger charge is 2.62. The molecule has 20 heavy (non-hydrogen) atoms. The van der Waals surface area contributed by atoms with E-state index in [9.17, 15) is 0 Å². The van der Waals surface area contributed by atoms with Crippen molar-refractivity contribution in [3.63, 3.8) is 0 Å². The van der Waals surface area contributed by atoms with Crippen LogP contribution in [0.5, 0.6) is 11.5 Å². The quantitative estimate of drug-likeness (QED) is 0.852. The van der Waals surface area contributed by atoms with Crippen LogP contribution in [-0.2, 0) is 0 Å². The van der Waals surface area contributed by atoms with Crippen LogP contribution in [0.1, 0.15) is 40.0 Å². The molecule has 0 spiro atoms. The fourth-order valence-corrected chi connectivity index (χ4v) is 4.21. The van der Waals surface area contributed by atoms with Gasteiger partial charge < -0.3 is 15.2 Å². The van der Waals surface area contributed by atoms with Gasteiger partial charge in [0.15, 0.2) is 0 Å². The number of hydrogen-bond donors (Lipinski definition) is 1. The predicted octanol–water partition coefficient (Wildman–Crippen LogP) is 3.87. The van der Waals surface area contributed by atoms with Gasteiger partial charge in [-0.3, -0.25) is 0 Å². The average Bonchev–Trinajstić information content (AvgIpc) is 2.74. The monoisotopic (exact) mass is 275 g/mol. The largest absolute Gasteiger partial charge is 0.497 e. The molecule has 3 unspecified atom stereocenters. The van der Waals surface area contributed by atoms with Crippen LogP contribution in [0, 0.1) is 16.7 Å². The zero-order chi connectivity index (χ0) is 14.5. The highest BCUT2D eigenvalue weighted by Crippen LogP contribution is 2.66. The molecule has 2 aliphatic carbocycles. The summed E-state index contributed by atoms with van der Waals surface area (Å²) in [6.07, 6.45) is 3.97. The van der Waals surface area contributed by atoms with Gasteiger partial charge in [0, 0.05) is 11.5 Å². The third kappa shape index (κ3) is 1.72. The van der Waals surface area contributed by atoms with Crippen molar-refractivity contribution in [3.8, 4) is 11.5 Å². The Morgan fingerprint density at radius 2 is 2.00 bits per heavy atom. The van der Waals surface area contributed by atoms with Crippen LogP contribution < -0.4 is 15.2 Å². The van der Waals surface area contributed by atoms with E-state index in [0.29, 0.717) is 11.1 Å². The SMILES string of the molecule is COc1ccc(N)c(OC2CC3CCC2(C)C3(C)C)c1. The molecule has 3 heteroatoms. The van der Waals surface area contributed by atoms with Crippen LogP contribution in [0.25, 0.3) is 0 Å². The summed E-state index contributed by atoms with van der Waals surface area (Å²) in [5.74, 6) is 2.32. The van der Waals surface area contributed by atoms with Crippen molar-refractivity contribution in [2.45, 2.75) is 46.1 Å². The number of fused-ring (bicyclic) bond motifs is 2. The Balaban J connectivity index is 1.87. The second-order valence-corrected chi connectivity index (χ2v) is 7.12. The van der Waals surface area contributed by atoms with Crippen molar-refractivity contribution in [1.82, 2.24) is 0 Å². The topological polar surface area (TPSA) is 44.5 Å². The lowest BCUT2D eigenvalue weighted by Crippen LogP contribution is -2.39. The van der Waals surface area contributed by atoms with Gasteiger partial charge in [0.1, 0.15) is 17.6 Å². The molecule has 1 aromatic carbocycles. The predicted molar refractivity (Wildman–Crippen MR) is 81.1 cm³/mol. The maximum Gasteiger partial charge on any atom is 0.146 e. The summed E-state index contributed by atoms with van der Waals surface area (Å²) in [5, 5.41) is 0. The van der Waals surface area contributed by atoms with E-state index >= 15 is 0 Å². The van der Waals surface area contributed by atoms with E-state index in [0.717, 1.165) is 23.8 Å². The molecule has 0 aromatic heterocycles. The van der Waals surface area contributed by atoms with Crippen molar-refractivity contribution in [1.29, 1.82) is 0 Å². The van der Waals surface area contributed by atoms with Gasteiger partial charge in [-0.1, -0.05) is 20.8 Å². The first-order chi connectivity index (χ1) is 9.38. The molecule has 0 amide bonds. The number of rotatable bonds is 3. The van der Waals surface area contributed by atoms with E-state index in [1.807, 2.05) is 18.2 Å². The van der Waals surface area contributed by atoms with Crippen molar-refractivity contribution >= 4 is 5.69 Å². The summed E-state index contributed by atoms with van der Waals surface area (Å²) in [4.78, 5) is 0. The van der Waals surface area contributed by atoms with Gasteiger partial charge in [-0.15, -0.1) is 0 Å². The number of ether oxygens (including phenoxy) is 2. The maximum absolute atomic E-state index is 6.32. The molecule has 2 saturated carbocycles. The number of hydrogen-bond acceptors (Lipinski definition) is 3. The van der Waals surface area contributed by atoms with Crippen LogP contribution in [-0.4, -0.2) is 13.2 Å². The first-order valence-electron chi connectivity index (χ1n) is 7.48. The van der Waals surface area contributed by atoms with Gasteiger partial charge in [-0.05, 0) is 42.7 Å². The average molecular weight is 275 g/mol. The van der Waals surface area contributed by atoms with E-state index < -0.39 is 0 Å². The normalized spacial score (nSPS) is 34.2. The molecule has 3 rings (SSSR count). The van der Waals surface area contributed by atoms with Gasteiger partial charge in [-0.25, -0.2) is 0 Å². The molecule has 0 heterocycles. The lowest BCUT2D eigenvalue weighted by molar-refractivity contribution is 0.0305. The van der Waals surface area contributed by atoms with E-state index in [4.69, 9.17) is 15.2 Å². The summed E-state index contributed by atoms with van der Waals surface area (Å²) < 4.78 is 11.6. The standard InChI is InChI=1S/C17H25NO2/c1-16(2)11-7-8-17(16,3)15(9-11)20-14-10-12(19-4)5-6-13(14)18/h5-6,10-11,15H,7-9,18H2,1-4H3. The van der Waals surface area contributed by atoms with Crippen LogP contribution in [0.2, 0.25) is 0 Å². The summed E-state index contributed by atoms with van der Waals surface area (Å²) in [6, 6.07) is 5.63. The fraction of sp³-hybridized carbons (Fsp3) is 0.647. The lowest BCUT2D eigenvalue weighted by atomic mass is 9.70. The molecule has 0 saturated heterocycles. The van der Waals surface area contributed by atoms with Gasteiger partial charge in [0.05, 0.1) is 12.8 Å². The van der Waals surface area contributed by atoms with E-state index in [1.54, 1.807) is 7.11 Å². The van der Waals surface area contributed by atoms with E-state index in [1.165, 1.54) is 12.8 Å². The minimum Gasteiger partial charge on any atom is -0.497 e. The molecule has 2 N–H and O–H groups in total. The van der Waals surface area contributed by atoms with E-state index in [-0.39, 0.29) is 11.5 Å². The van der Waals surface area contributed by atoms with Crippen LogP contribution in [0.3, 0.4) is 0 Å². The summed E-state index contributed by atoms with van der Waals surface area (Å²) >= 11 is 0. The van der Waals surface area contributed by atoms with Crippen molar-refractivity contribution in [2.24, 2.45) is 16.7 Å². The van der Waals surface area contributed by atoms with Gasteiger partial charge in [0.2, 0.25) is 0 Å². The molecule has 0 aliphatic heterocycles. The van der Waals surface area contributed by atoms with Gasteiger partial charge in [-0.2, -0.15) is 0 Å². The number of benzene rings is 1. The zero-order valence-corrected chi connectivity index (χ0v) is 12.9.